The van der Waals surface area contributed by atoms with Crippen LogP contribution in [0.3, 0.4) is 0 Å². The summed E-state index contributed by atoms with van der Waals surface area (Å²) in [5.41, 5.74) is -0.554. The minimum atomic E-state index is -0.554. The summed E-state index contributed by atoms with van der Waals surface area (Å²) in [5, 5.41) is 0. The number of hydrogen-bond acceptors (Lipinski definition) is 5. The van der Waals surface area contributed by atoms with Gasteiger partial charge in [-0.25, -0.2) is 9.78 Å². The third-order valence-electron chi connectivity index (χ3n) is 1.89. The Morgan fingerprint density at radius 1 is 1.39 bits per heavy atom. The molecule has 0 bridgehead atoms. The highest BCUT2D eigenvalue weighted by atomic mass is 16.6. The Labute approximate surface area is 106 Å². The zero-order chi connectivity index (χ0) is 13.8. The first-order valence-corrected chi connectivity index (χ1v) is 5.73. The molecule has 0 saturated carbocycles. The Hall–Kier alpha value is -1.85. The number of imidazole rings is 1. The molecule has 0 N–H and O–H groups in total. The van der Waals surface area contributed by atoms with Crippen LogP contribution in [-0.4, -0.2) is 33.7 Å². The van der Waals surface area contributed by atoms with Gasteiger partial charge in [0.15, 0.2) is 0 Å². The SMILES string of the molecule is CCOC(=O)c1nccn1CC(=O)OC(C)(C)C. The van der Waals surface area contributed by atoms with Crippen molar-refractivity contribution >= 4 is 11.9 Å². The molecule has 6 nitrogen and oxygen atoms in total. The van der Waals surface area contributed by atoms with E-state index in [2.05, 4.69) is 4.98 Å². The third kappa shape index (κ3) is 4.20. The first kappa shape index (κ1) is 14.2. The summed E-state index contributed by atoms with van der Waals surface area (Å²) in [4.78, 5) is 27.0. The van der Waals surface area contributed by atoms with Gasteiger partial charge in [0.05, 0.1) is 6.61 Å². The Kier molecular flexibility index (Phi) is 4.47. The van der Waals surface area contributed by atoms with Crippen molar-refractivity contribution in [3.05, 3.63) is 18.2 Å². The smallest absolute Gasteiger partial charge is 0.374 e. The molecule has 1 rings (SSSR count). The first-order chi connectivity index (χ1) is 8.33. The molecular weight excluding hydrogens is 236 g/mol. The molecule has 18 heavy (non-hydrogen) atoms. The number of hydrogen-bond donors (Lipinski definition) is 0. The fourth-order valence-electron chi connectivity index (χ4n) is 1.34. The topological polar surface area (TPSA) is 70.4 Å². The van der Waals surface area contributed by atoms with Gasteiger partial charge in [-0.3, -0.25) is 4.79 Å². The summed E-state index contributed by atoms with van der Waals surface area (Å²) in [6, 6.07) is 0. The summed E-state index contributed by atoms with van der Waals surface area (Å²) >= 11 is 0. The largest absolute Gasteiger partial charge is 0.460 e. The van der Waals surface area contributed by atoms with E-state index in [1.165, 1.54) is 17.0 Å². The number of nitrogens with zero attached hydrogens (tertiary/aromatic N) is 2. The van der Waals surface area contributed by atoms with Crippen LogP contribution in [0.1, 0.15) is 38.3 Å². The van der Waals surface area contributed by atoms with Crippen molar-refractivity contribution in [3.63, 3.8) is 0 Å². The van der Waals surface area contributed by atoms with Crippen LogP contribution >= 0.6 is 0 Å². The average molecular weight is 254 g/mol. The van der Waals surface area contributed by atoms with E-state index in [0.29, 0.717) is 0 Å². The predicted molar refractivity (Wildman–Crippen MR) is 64.0 cm³/mol. The normalized spacial score (nSPS) is 11.1. The number of rotatable bonds is 4. The van der Waals surface area contributed by atoms with Crippen LogP contribution in [0.2, 0.25) is 0 Å². The monoisotopic (exact) mass is 254 g/mol. The quantitative estimate of drug-likeness (QED) is 0.759. The molecule has 0 aliphatic heterocycles. The molecule has 100 valence electrons. The van der Waals surface area contributed by atoms with Crippen LogP contribution in [0, 0.1) is 0 Å². The Bertz CT molecular complexity index is 432. The van der Waals surface area contributed by atoms with Gasteiger partial charge in [0, 0.05) is 12.4 Å². The van der Waals surface area contributed by atoms with E-state index < -0.39 is 17.5 Å². The van der Waals surface area contributed by atoms with Crippen LogP contribution in [0.5, 0.6) is 0 Å². The second kappa shape index (κ2) is 5.66. The molecule has 1 aromatic heterocycles. The van der Waals surface area contributed by atoms with Gasteiger partial charge in [-0.1, -0.05) is 0 Å². The van der Waals surface area contributed by atoms with Crippen LogP contribution in [-0.2, 0) is 20.8 Å². The molecule has 0 aliphatic carbocycles. The number of ether oxygens (including phenoxy) is 2. The average Bonchev–Trinajstić information content (AvgIpc) is 2.62. The number of carbonyl (C=O) groups excluding carboxylic acids is 2. The zero-order valence-corrected chi connectivity index (χ0v) is 11.1. The zero-order valence-electron chi connectivity index (χ0n) is 11.1. The molecule has 1 heterocycles. The van der Waals surface area contributed by atoms with E-state index in [-0.39, 0.29) is 19.0 Å². The van der Waals surface area contributed by atoms with Gasteiger partial charge in [0.25, 0.3) is 0 Å². The Balaban J connectivity index is 2.71. The molecule has 0 aromatic carbocycles. The van der Waals surface area contributed by atoms with E-state index in [1.807, 2.05) is 0 Å². The number of carbonyl (C=O) groups is 2. The fourth-order valence-corrected chi connectivity index (χ4v) is 1.34. The summed E-state index contributed by atoms with van der Waals surface area (Å²) in [6.07, 6.45) is 2.98. The second-order valence-corrected chi connectivity index (χ2v) is 4.69. The number of aromatic nitrogens is 2. The lowest BCUT2D eigenvalue weighted by Crippen LogP contribution is -2.27. The summed E-state index contributed by atoms with van der Waals surface area (Å²) in [7, 11) is 0. The second-order valence-electron chi connectivity index (χ2n) is 4.69. The Morgan fingerprint density at radius 3 is 2.61 bits per heavy atom. The van der Waals surface area contributed by atoms with Gasteiger partial charge in [-0.05, 0) is 27.7 Å². The van der Waals surface area contributed by atoms with Crippen LogP contribution in [0.15, 0.2) is 12.4 Å². The fraction of sp³-hybridized carbons (Fsp3) is 0.583. The maximum absolute atomic E-state index is 11.6. The summed E-state index contributed by atoms with van der Waals surface area (Å²) in [6.45, 7) is 7.25. The van der Waals surface area contributed by atoms with Gasteiger partial charge in [0.1, 0.15) is 12.1 Å². The van der Waals surface area contributed by atoms with Gasteiger partial charge < -0.3 is 14.0 Å². The van der Waals surface area contributed by atoms with E-state index >= 15 is 0 Å². The molecular formula is C12H18N2O4. The highest BCUT2D eigenvalue weighted by Crippen LogP contribution is 2.08. The molecule has 0 atom stereocenters. The minimum absolute atomic E-state index is 0.0641. The van der Waals surface area contributed by atoms with E-state index in [4.69, 9.17) is 9.47 Å². The van der Waals surface area contributed by atoms with E-state index in [9.17, 15) is 9.59 Å². The van der Waals surface area contributed by atoms with Crippen molar-refractivity contribution < 1.29 is 19.1 Å². The molecule has 0 spiro atoms. The van der Waals surface area contributed by atoms with E-state index in [0.717, 1.165) is 0 Å². The van der Waals surface area contributed by atoms with Crippen LogP contribution < -0.4 is 0 Å². The summed E-state index contributed by atoms with van der Waals surface area (Å²) < 4.78 is 11.4. The standard InChI is InChI=1S/C12H18N2O4/c1-5-17-11(16)10-13-6-7-14(10)8-9(15)18-12(2,3)4/h6-7H,5,8H2,1-4H3. The van der Waals surface area contributed by atoms with Crippen molar-refractivity contribution in [2.75, 3.05) is 6.61 Å². The lowest BCUT2D eigenvalue weighted by molar-refractivity contribution is -0.155. The minimum Gasteiger partial charge on any atom is -0.460 e. The van der Waals surface area contributed by atoms with Crippen molar-refractivity contribution in [2.24, 2.45) is 0 Å². The van der Waals surface area contributed by atoms with E-state index in [1.54, 1.807) is 27.7 Å². The highest BCUT2D eigenvalue weighted by molar-refractivity contribution is 5.86. The molecule has 0 radical (unpaired) electrons. The van der Waals surface area contributed by atoms with Crippen molar-refractivity contribution in [3.8, 4) is 0 Å². The maximum atomic E-state index is 11.6. The molecule has 0 aliphatic rings. The lowest BCUT2D eigenvalue weighted by Gasteiger charge is -2.19. The molecule has 0 unspecified atom stereocenters. The Morgan fingerprint density at radius 2 is 2.06 bits per heavy atom. The highest BCUT2D eigenvalue weighted by Gasteiger charge is 2.20. The van der Waals surface area contributed by atoms with Gasteiger partial charge in [-0.2, -0.15) is 0 Å². The predicted octanol–water partition coefficient (Wildman–Crippen LogP) is 1.40. The van der Waals surface area contributed by atoms with Crippen LogP contribution in [0.4, 0.5) is 0 Å². The molecule has 0 amide bonds. The third-order valence-corrected chi connectivity index (χ3v) is 1.89. The summed E-state index contributed by atoms with van der Waals surface area (Å²) in [5.74, 6) is -0.875. The van der Waals surface area contributed by atoms with Gasteiger partial charge in [0.2, 0.25) is 5.82 Å². The molecule has 1 aromatic rings. The van der Waals surface area contributed by atoms with Gasteiger partial charge in [-0.15, -0.1) is 0 Å². The molecule has 0 saturated heterocycles. The van der Waals surface area contributed by atoms with Crippen molar-refractivity contribution in [1.29, 1.82) is 0 Å². The molecule has 0 fully saturated rings. The molecule has 6 heteroatoms. The van der Waals surface area contributed by atoms with Gasteiger partial charge >= 0.3 is 11.9 Å². The maximum Gasteiger partial charge on any atom is 0.374 e. The van der Waals surface area contributed by atoms with Crippen molar-refractivity contribution in [1.82, 2.24) is 9.55 Å². The lowest BCUT2D eigenvalue weighted by atomic mass is 10.2. The van der Waals surface area contributed by atoms with Crippen molar-refractivity contribution in [2.45, 2.75) is 39.8 Å². The first-order valence-electron chi connectivity index (χ1n) is 5.73. The number of esters is 2. The van der Waals surface area contributed by atoms with Crippen LogP contribution in [0.25, 0.3) is 0 Å².